The Labute approximate surface area is 122 Å². The Balaban J connectivity index is 2.04. The van der Waals surface area contributed by atoms with Gasteiger partial charge in [-0.15, -0.1) is 0 Å². The molecule has 21 heavy (non-hydrogen) atoms. The highest BCUT2D eigenvalue weighted by atomic mass is 16.5. The van der Waals surface area contributed by atoms with E-state index in [9.17, 15) is 9.59 Å². The quantitative estimate of drug-likeness (QED) is 0.782. The molecular weight excluding hydrogens is 270 g/mol. The van der Waals surface area contributed by atoms with Crippen molar-refractivity contribution in [2.75, 3.05) is 20.2 Å². The number of aromatic nitrogens is 2. The van der Waals surface area contributed by atoms with Crippen molar-refractivity contribution in [2.24, 2.45) is 0 Å². The van der Waals surface area contributed by atoms with Crippen LogP contribution < -0.4 is 0 Å². The van der Waals surface area contributed by atoms with Gasteiger partial charge in [0.25, 0.3) is 5.91 Å². The highest BCUT2D eigenvalue weighted by Crippen LogP contribution is 2.10. The molecule has 2 aromatic rings. The molecule has 110 valence electrons. The smallest absolute Gasteiger partial charge is 0.325 e. The fourth-order valence-electron chi connectivity index (χ4n) is 1.87. The zero-order valence-electron chi connectivity index (χ0n) is 12.0. The molecule has 0 aliphatic rings. The van der Waals surface area contributed by atoms with Crippen molar-refractivity contribution >= 4 is 11.9 Å². The number of hydrogen-bond acceptors (Lipinski definition) is 4. The van der Waals surface area contributed by atoms with Crippen LogP contribution >= 0.6 is 0 Å². The molecule has 0 saturated carbocycles. The maximum Gasteiger partial charge on any atom is 0.325 e. The zero-order chi connectivity index (χ0) is 15.2. The summed E-state index contributed by atoms with van der Waals surface area (Å²) in [7, 11) is 1.57. The predicted molar refractivity (Wildman–Crippen MR) is 77.2 cm³/mol. The molecule has 1 aromatic heterocycles. The average Bonchev–Trinajstić information content (AvgIpc) is 3.01. The second kappa shape index (κ2) is 6.69. The van der Waals surface area contributed by atoms with E-state index in [1.807, 2.05) is 12.3 Å². The van der Waals surface area contributed by atoms with E-state index in [-0.39, 0.29) is 12.5 Å². The van der Waals surface area contributed by atoms with Crippen LogP contribution in [0.25, 0.3) is 5.69 Å². The standard InChI is InChI=1S/C15H17N3O3/c1-3-21-14(19)11-17(2)15(20)12-5-7-13(8-6-12)18-10-4-9-16-18/h4-10H,3,11H2,1-2H3. The van der Waals surface area contributed by atoms with Crippen LogP contribution in [0.15, 0.2) is 42.7 Å². The third-order valence-electron chi connectivity index (χ3n) is 2.90. The molecule has 6 heteroatoms. The molecule has 0 aliphatic carbocycles. The predicted octanol–water partition coefficient (Wildman–Crippen LogP) is 1.51. The number of hydrogen-bond donors (Lipinski definition) is 0. The number of ether oxygens (including phenoxy) is 1. The van der Waals surface area contributed by atoms with Crippen molar-refractivity contribution in [1.82, 2.24) is 14.7 Å². The highest BCUT2D eigenvalue weighted by Gasteiger charge is 2.15. The summed E-state index contributed by atoms with van der Waals surface area (Å²) in [5.41, 5.74) is 1.38. The summed E-state index contributed by atoms with van der Waals surface area (Å²) >= 11 is 0. The molecule has 0 spiro atoms. The van der Waals surface area contributed by atoms with Crippen LogP contribution in [0.2, 0.25) is 0 Å². The number of nitrogens with zero attached hydrogens (tertiary/aromatic N) is 3. The molecule has 0 N–H and O–H groups in total. The van der Waals surface area contributed by atoms with Gasteiger partial charge in [0.15, 0.2) is 0 Å². The average molecular weight is 287 g/mol. The van der Waals surface area contributed by atoms with E-state index in [0.29, 0.717) is 12.2 Å². The van der Waals surface area contributed by atoms with Gasteiger partial charge in [0.2, 0.25) is 0 Å². The van der Waals surface area contributed by atoms with Gasteiger partial charge in [-0.2, -0.15) is 5.10 Å². The summed E-state index contributed by atoms with van der Waals surface area (Å²) in [6.45, 7) is 1.97. The Morgan fingerprint density at radius 2 is 2.00 bits per heavy atom. The van der Waals surface area contributed by atoms with E-state index in [2.05, 4.69) is 5.10 Å². The minimum absolute atomic E-state index is 0.0619. The van der Waals surface area contributed by atoms with Gasteiger partial charge < -0.3 is 9.64 Å². The molecule has 0 bridgehead atoms. The van der Waals surface area contributed by atoms with E-state index in [1.54, 1.807) is 49.1 Å². The lowest BCUT2D eigenvalue weighted by molar-refractivity contribution is -0.143. The first kappa shape index (κ1) is 14.8. The largest absolute Gasteiger partial charge is 0.465 e. The first-order valence-corrected chi connectivity index (χ1v) is 6.63. The van der Waals surface area contributed by atoms with E-state index in [0.717, 1.165) is 5.69 Å². The number of carbonyl (C=O) groups excluding carboxylic acids is 2. The Morgan fingerprint density at radius 3 is 2.57 bits per heavy atom. The molecule has 0 saturated heterocycles. The molecule has 1 aromatic carbocycles. The highest BCUT2D eigenvalue weighted by molar-refractivity contribution is 5.95. The van der Waals surface area contributed by atoms with Gasteiger partial charge in [-0.3, -0.25) is 9.59 Å². The van der Waals surface area contributed by atoms with Crippen LogP contribution in [0.4, 0.5) is 0 Å². The molecule has 0 radical (unpaired) electrons. The molecule has 1 amide bonds. The van der Waals surface area contributed by atoms with Crippen molar-refractivity contribution < 1.29 is 14.3 Å². The van der Waals surface area contributed by atoms with Crippen molar-refractivity contribution in [3.05, 3.63) is 48.3 Å². The number of carbonyl (C=O) groups is 2. The summed E-state index contributed by atoms with van der Waals surface area (Å²) < 4.78 is 6.53. The van der Waals surface area contributed by atoms with Crippen molar-refractivity contribution in [3.63, 3.8) is 0 Å². The zero-order valence-corrected chi connectivity index (χ0v) is 12.0. The molecule has 0 aliphatic heterocycles. The van der Waals surface area contributed by atoms with Crippen LogP contribution in [-0.2, 0) is 9.53 Å². The first-order valence-electron chi connectivity index (χ1n) is 6.63. The third kappa shape index (κ3) is 3.68. The van der Waals surface area contributed by atoms with Gasteiger partial charge in [0.1, 0.15) is 6.54 Å². The SMILES string of the molecule is CCOC(=O)CN(C)C(=O)c1ccc(-n2cccn2)cc1. The van der Waals surface area contributed by atoms with Crippen LogP contribution in [0, 0.1) is 0 Å². The van der Waals surface area contributed by atoms with E-state index in [1.165, 1.54) is 4.90 Å². The van der Waals surface area contributed by atoms with Crippen LogP contribution in [-0.4, -0.2) is 46.8 Å². The number of benzene rings is 1. The van der Waals surface area contributed by atoms with Crippen molar-refractivity contribution in [3.8, 4) is 5.69 Å². The number of rotatable bonds is 5. The van der Waals surface area contributed by atoms with Gasteiger partial charge in [0, 0.05) is 25.0 Å². The number of amides is 1. The first-order chi connectivity index (χ1) is 10.1. The Hall–Kier alpha value is -2.63. The summed E-state index contributed by atoms with van der Waals surface area (Å²) in [5, 5.41) is 4.12. The lowest BCUT2D eigenvalue weighted by atomic mass is 10.2. The van der Waals surface area contributed by atoms with Crippen molar-refractivity contribution in [1.29, 1.82) is 0 Å². The number of esters is 1. The van der Waals surface area contributed by atoms with Gasteiger partial charge in [0.05, 0.1) is 12.3 Å². The number of likely N-dealkylation sites (N-methyl/N-ethyl adjacent to an activating group) is 1. The maximum atomic E-state index is 12.2. The Kier molecular flexibility index (Phi) is 4.71. The van der Waals surface area contributed by atoms with Crippen LogP contribution in [0.5, 0.6) is 0 Å². The Bertz CT molecular complexity index is 606. The van der Waals surface area contributed by atoms with Gasteiger partial charge in [-0.1, -0.05) is 0 Å². The summed E-state index contributed by atoms with van der Waals surface area (Å²) in [6.07, 6.45) is 3.51. The fourth-order valence-corrected chi connectivity index (χ4v) is 1.87. The summed E-state index contributed by atoms with van der Waals surface area (Å²) in [4.78, 5) is 24.9. The van der Waals surface area contributed by atoms with E-state index in [4.69, 9.17) is 4.74 Å². The lowest BCUT2D eigenvalue weighted by Gasteiger charge is -2.16. The molecule has 2 rings (SSSR count). The van der Waals surface area contributed by atoms with Crippen LogP contribution in [0.1, 0.15) is 17.3 Å². The molecule has 0 atom stereocenters. The topological polar surface area (TPSA) is 64.4 Å². The van der Waals surface area contributed by atoms with Crippen LogP contribution in [0.3, 0.4) is 0 Å². The van der Waals surface area contributed by atoms with E-state index >= 15 is 0 Å². The van der Waals surface area contributed by atoms with E-state index < -0.39 is 5.97 Å². The lowest BCUT2D eigenvalue weighted by Crippen LogP contribution is -2.33. The monoisotopic (exact) mass is 287 g/mol. The molecule has 0 fully saturated rings. The minimum atomic E-state index is -0.415. The molecular formula is C15H17N3O3. The summed E-state index contributed by atoms with van der Waals surface area (Å²) in [5.74, 6) is -0.642. The second-order valence-corrected chi connectivity index (χ2v) is 4.46. The van der Waals surface area contributed by atoms with Crippen molar-refractivity contribution in [2.45, 2.75) is 6.92 Å². The molecule has 1 heterocycles. The third-order valence-corrected chi connectivity index (χ3v) is 2.90. The van der Waals surface area contributed by atoms with Gasteiger partial charge in [-0.25, -0.2) is 4.68 Å². The van der Waals surface area contributed by atoms with Gasteiger partial charge >= 0.3 is 5.97 Å². The maximum absolute atomic E-state index is 12.2. The molecule has 6 nitrogen and oxygen atoms in total. The molecule has 0 unspecified atom stereocenters. The minimum Gasteiger partial charge on any atom is -0.465 e. The van der Waals surface area contributed by atoms with Gasteiger partial charge in [-0.05, 0) is 37.3 Å². The Morgan fingerprint density at radius 1 is 1.29 bits per heavy atom. The fraction of sp³-hybridized carbons (Fsp3) is 0.267. The second-order valence-electron chi connectivity index (χ2n) is 4.46. The normalized spacial score (nSPS) is 10.2. The summed E-state index contributed by atoms with van der Waals surface area (Å²) in [6, 6.07) is 8.85.